The van der Waals surface area contributed by atoms with Gasteiger partial charge in [0.2, 0.25) is 5.91 Å². The SMILES string of the molecule is CN(C(=O)Cc1cccc([N+](=O)[O-])c1)c1ccc(O)cc1. The van der Waals surface area contributed by atoms with Crippen LogP contribution in [-0.2, 0) is 11.2 Å². The number of non-ortho nitro benzene ring substituents is 1. The number of phenols is 1. The van der Waals surface area contributed by atoms with Crippen LogP contribution in [0.5, 0.6) is 5.75 Å². The van der Waals surface area contributed by atoms with Crippen LogP contribution < -0.4 is 4.90 Å². The average molecular weight is 286 g/mol. The van der Waals surface area contributed by atoms with E-state index in [0.717, 1.165) is 0 Å². The lowest BCUT2D eigenvalue weighted by molar-refractivity contribution is -0.384. The molecule has 0 bridgehead atoms. The van der Waals surface area contributed by atoms with Gasteiger partial charge < -0.3 is 10.0 Å². The minimum Gasteiger partial charge on any atom is -0.508 e. The van der Waals surface area contributed by atoms with Crippen molar-refractivity contribution in [2.75, 3.05) is 11.9 Å². The number of likely N-dealkylation sites (N-methyl/N-ethyl adjacent to an activating group) is 1. The number of phenolic OH excluding ortho intramolecular Hbond substituents is 1. The second-order valence-corrected chi connectivity index (χ2v) is 4.57. The third-order valence-electron chi connectivity index (χ3n) is 3.09. The molecule has 0 aliphatic rings. The zero-order valence-electron chi connectivity index (χ0n) is 11.4. The van der Waals surface area contributed by atoms with E-state index in [1.807, 2.05) is 0 Å². The number of hydrogen-bond acceptors (Lipinski definition) is 4. The lowest BCUT2D eigenvalue weighted by atomic mass is 10.1. The molecule has 0 atom stereocenters. The van der Waals surface area contributed by atoms with E-state index >= 15 is 0 Å². The quantitative estimate of drug-likeness (QED) is 0.691. The minimum atomic E-state index is -0.488. The summed E-state index contributed by atoms with van der Waals surface area (Å²) >= 11 is 0. The second kappa shape index (κ2) is 6.04. The molecule has 0 fully saturated rings. The van der Waals surface area contributed by atoms with Crippen LogP contribution in [0.15, 0.2) is 48.5 Å². The van der Waals surface area contributed by atoms with Crippen molar-refractivity contribution in [1.29, 1.82) is 0 Å². The van der Waals surface area contributed by atoms with Crippen molar-refractivity contribution in [2.24, 2.45) is 0 Å². The van der Waals surface area contributed by atoms with Crippen LogP contribution in [0.1, 0.15) is 5.56 Å². The van der Waals surface area contributed by atoms with Gasteiger partial charge in [-0.1, -0.05) is 12.1 Å². The molecular formula is C15H14N2O4. The molecule has 0 aliphatic carbocycles. The largest absolute Gasteiger partial charge is 0.508 e. The molecule has 0 saturated carbocycles. The summed E-state index contributed by atoms with van der Waals surface area (Å²) in [5, 5.41) is 19.9. The Bertz CT molecular complexity index is 668. The van der Waals surface area contributed by atoms with Gasteiger partial charge in [0.25, 0.3) is 5.69 Å². The standard InChI is InChI=1S/C15H14N2O4/c1-16(12-5-7-14(18)8-6-12)15(19)10-11-3-2-4-13(9-11)17(20)21/h2-9,18H,10H2,1H3. The molecule has 2 aromatic rings. The topological polar surface area (TPSA) is 83.7 Å². The van der Waals surface area contributed by atoms with E-state index in [9.17, 15) is 20.0 Å². The summed E-state index contributed by atoms with van der Waals surface area (Å²) in [5.41, 5.74) is 1.19. The molecule has 0 unspecified atom stereocenters. The summed E-state index contributed by atoms with van der Waals surface area (Å²) in [6.45, 7) is 0. The molecule has 21 heavy (non-hydrogen) atoms. The summed E-state index contributed by atoms with van der Waals surface area (Å²) in [4.78, 5) is 23.8. The van der Waals surface area contributed by atoms with Gasteiger partial charge in [0, 0.05) is 24.9 Å². The molecule has 6 nitrogen and oxygen atoms in total. The van der Waals surface area contributed by atoms with Crippen LogP contribution in [0, 0.1) is 10.1 Å². The number of carbonyl (C=O) groups is 1. The van der Waals surface area contributed by atoms with Gasteiger partial charge in [0.15, 0.2) is 0 Å². The summed E-state index contributed by atoms with van der Waals surface area (Å²) < 4.78 is 0. The zero-order chi connectivity index (χ0) is 15.4. The first-order valence-electron chi connectivity index (χ1n) is 6.26. The fraction of sp³-hybridized carbons (Fsp3) is 0.133. The highest BCUT2D eigenvalue weighted by molar-refractivity contribution is 5.94. The third kappa shape index (κ3) is 3.56. The van der Waals surface area contributed by atoms with E-state index in [1.54, 1.807) is 31.3 Å². The van der Waals surface area contributed by atoms with E-state index in [1.165, 1.54) is 29.2 Å². The molecule has 0 aromatic heterocycles. The molecule has 0 radical (unpaired) electrons. The Hall–Kier alpha value is -2.89. The number of rotatable bonds is 4. The van der Waals surface area contributed by atoms with Gasteiger partial charge in [0.05, 0.1) is 11.3 Å². The first kappa shape index (κ1) is 14.5. The average Bonchev–Trinajstić information content (AvgIpc) is 2.47. The number of nitro groups is 1. The van der Waals surface area contributed by atoms with Crippen LogP contribution in [0.4, 0.5) is 11.4 Å². The van der Waals surface area contributed by atoms with Gasteiger partial charge in [-0.3, -0.25) is 14.9 Å². The maximum atomic E-state index is 12.2. The molecule has 0 heterocycles. The predicted molar refractivity (Wildman–Crippen MR) is 78.3 cm³/mol. The fourth-order valence-corrected chi connectivity index (χ4v) is 1.89. The van der Waals surface area contributed by atoms with Crippen molar-refractivity contribution in [3.05, 3.63) is 64.2 Å². The van der Waals surface area contributed by atoms with Crippen LogP contribution >= 0.6 is 0 Å². The van der Waals surface area contributed by atoms with E-state index in [2.05, 4.69) is 0 Å². The predicted octanol–water partition coefficient (Wildman–Crippen LogP) is 2.51. The van der Waals surface area contributed by atoms with Crippen LogP contribution in [0.2, 0.25) is 0 Å². The number of amides is 1. The monoisotopic (exact) mass is 286 g/mol. The van der Waals surface area contributed by atoms with E-state index in [0.29, 0.717) is 11.3 Å². The number of nitro benzene ring substituents is 1. The van der Waals surface area contributed by atoms with E-state index in [-0.39, 0.29) is 23.8 Å². The Labute approximate surface area is 121 Å². The Morgan fingerprint density at radius 1 is 1.24 bits per heavy atom. The van der Waals surface area contributed by atoms with Crippen molar-refractivity contribution >= 4 is 17.3 Å². The number of nitrogens with zero attached hydrogens (tertiary/aromatic N) is 2. The van der Waals surface area contributed by atoms with E-state index in [4.69, 9.17) is 0 Å². The lowest BCUT2D eigenvalue weighted by Gasteiger charge is -2.17. The molecule has 2 rings (SSSR count). The van der Waals surface area contributed by atoms with Crippen molar-refractivity contribution in [1.82, 2.24) is 0 Å². The lowest BCUT2D eigenvalue weighted by Crippen LogP contribution is -2.27. The van der Waals surface area contributed by atoms with E-state index < -0.39 is 4.92 Å². The van der Waals surface area contributed by atoms with Crippen molar-refractivity contribution in [3.8, 4) is 5.75 Å². The highest BCUT2D eigenvalue weighted by atomic mass is 16.6. The maximum absolute atomic E-state index is 12.2. The Morgan fingerprint density at radius 2 is 1.90 bits per heavy atom. The normalized spacial score (nSPS) is 10.1. The van der Waals surface area contributed by atoms with Crippen LogP contribution in [0.25, 0.3) is 0 Å². The first-order chi connectivity index (χ1) is 9.97. The van der Waals surface area contributed by atoms with Crippen molar-refractivity contribution in [3.63, 3.8) is 0 Å². The van der Waals surface area contributed by atoms with Gasteiger partial charge in [-0.05, 0) is 29.8 Å². The molecule has 6 heteroatoms. The number of aromatic hydroxyl groups is 1. The molecule has 0 saturated heterocycles. The number of hydrogen-bond donors (Lipinski definition) is 1. The van der Waals surface area contributed by atoms with Crippen molar-refractivity contribution < 1.29 is 14.8 Å². The molecule has 1 amide bonds. The van der Waals surface area contributed by atoms with Gasteiger partial charge in [0.1, 0.15) is 5.75 Å². The number of carbonyl (C=O) groups excluding carboxylic acids is 1. The first-order valence-corrected chi connectivity index (χ1v) is 6.26. The minimum absolute atomic E-state index is 0.0346. The molecule has 1 N–H and O–H groups in total. The maximum Gasteiger partial charge on any atom is 0.269 e. The highest BCUT2D eigenvalue weighted by Gasteiger charge is 2.13. The van der Waals surface area contributed by atoms with Gasteiger partial charge in [-0.25, -0.2) is 0 Å². The zero-order valence-corrected chi connectivity index (χ0v) is 11.4. The van der Waals surface area contributed by atoms with Gasteiger partial charge in [-0.15, -0.1) is 0 Å². The van der Waals surface area contributed by atoms with Crippen LogP contribution in [-0.4, -0.2) is 23.0 Å². The van der Waals surface area contributed by atoms with Gasteiger partial charge >= 0.3 is 0 Å². The molecule has 108 valence electrons. The fourth-order valence-electron chi connectivity index (χ4n) is 1.89. The Balaban J connectivity index is 2.12. The summed E-state index contributed by atoms with van der Waals surface area (Å²) in [7, 11) is 1.62. The van der Waals surface area contributed by atoms with Gasteiger partial charge in [-0.2, -0.15) is 0 Å². The molecular weight excluding hydrogens is 272 g/mol. The summed E-state index contributed by atoms with van der Waals surface area (Å²) in [5.74, 6) is -0.0699. The Morgan fingerprint density at radius 3 is 2.52 bits per heavy atom. The summed E-state index contributed by atoms with van der Waals surface area (Å²) in [6.07, 6.45) is 0.0685. The molecule has 2 aromatic carbocycles. The highest BCUT2D eigenvalue weighted by Crippen LogP contribution is 2.19. The Kier molecular flexibility index (Phi) is 4.18. The smallest absolute Gasteiger partial charge is 0.269 e. The molecule has 0 spiro atoms. The number of anilines is 1. The third-order valence-corrected chi connectivity index (χ3v) is 3.09. The van der Waals surface area contributed by atoms with Crippen molar-refractivity contribution in [2.45, 2.75) is 6.42 Å². The summed E-state index contributed by atoms with van der Waals surface area (Å²) in [6, 6.07) is 12.2. The number of benzene rings is 2. The molecule has 0 aliphatic heterocycles. The van der Waals surface area contributed by atoms with Crippen LogP contribution in [0.3, 0.4) is 0 Å². The second-order valence-electron chi connectivity index (χ2n) is 4.57.